The lowest BCUT2D eigenvalue weighted by Gasteiger charge is -2.15. The average molecular weight is 233 g/mol. The number of hydrogen-bond donors (Lipinski definition) is 1. The molecule has 0 bridgehead atoms. The van der Waals surface area contributed by atoms with Crippen LogP contribution in [0.1, 0.15) is 32.3 Å². The van der Waals surface area contributed by atoms with E-state index in [-0.39, 0.29) is 11.0 Å². The van der Waals surface area contributed by atoms with Gasteiger partial charge in [0.2, 0.25) is 0 Å². The van der Waals surface area contributed by atoms with E-state index in [1.54, 1.807) is 16.8 Å². The summed E-state index contributed by atoms with van der Waals surface area (Å²) in [5, 5.41) is 8.89. The van der Waals surface area contributed by atoms with Crippen molar-refractivity contribution in [3.05, 3.63) is 28.2 Å². The summed E-state index contributed by atoms with van der Waals surface area (Å²) in [5.41, 5.74) is 6.83. The summed E-state index contributed by atoms with van der Waals surface area (Å²) >= 11 is 0. The number of nitrogens with two attached hydrogens (primary N) is 1. The van der Waals surface area contributed by atoms with Gasteiger partial charge in [-0.25, -0.2) is 0 Å². The van der Waals surface area contributed by atoms with Crippen molar-refractivity contribution in [3.8, 4) is 6.07 Å². The Morgan fingerprint density at radius 1 is 1.53 bits per heavy atom. The van der Waals surface area contributed by atoms with Crippen LogP contribution in [0.2, 0.25) is 0 Å². The van der Waals surface area contributed by atoms with Gasteiger partial charge < -0.3 is 10.3 Å². The van der Waals surface area contributed by atoms with E-state index in [1.807, 2.05) is 20.8 Å². The van der Waals surface area contributed by atoms with Gasteiger partial charge in [0, 0.05) is 18.8 Å². The molecule has 0 atom stereocenters. The van der Waals surface area contributed by atoms with E-state index in [9.17, 15) is 4.79 Å². The van der Waals surface area contributed by atoms with Gasteiger partial charge >= 0.3 is 0 Å². The Balaban J connectivity index is 2.69. The van der Waals surface area contributed by atoms with Gasteiger partial charge in [0.15, 0.2) is 0 Å². The minimum absolute atomic E-state index is 0.0357. The van der Waals surface area contributed by atoms with E-state index >= 15 is 0 Å². The number of rotatable bonds is 4. The first-order chi connectivity index (χ1) is 7.85. The molecule has 92 valence electrons. The van der Waals surface area contributed by atoms with E-state index in [2.05, 4.69) is 6.07 Å². The minimum atomic E-state index is -0.333. The van der Waals surface area contributed by atoms with Crippen LogP contribution in [-0.2, 0) is 6.54 Å². The van der Waals surface area contributed by atoms with Crippen LogP contribution < -0.4 is 11.3 Å². The highest BCUT2D eigenvalue weighted by Gasteiger charge is 2.15. The Kier molecular flexibility index (Phi) is 3.95. The molecule has 0 aliphatic carbocycles. The van der Waals surface area contributed by atoms with Gasteiger partial charge in [-0.2, -0.15) is 5.26 Å². The third-order valence-electron chi connectivity index (χ3n) is 2.88. The van der Waals surface area contributed by atoms with Crippen LogP contribution in [0.5, 0.6) is 0 Å². The monoisotopic (exact) mass is 233 g/mol. The molecule has 1 rings (SSSR count). The van der Waals surface area contributed by atoms with Crippen LogP contribution in [0.25, 0.3) is 0 Å². The van der Waals surface area contributed by atoms with Gasteiger partial charge in [0.05, 0.1) is 17.2 Å². The van der Waals surface area contributed by atoms with Crippen LogP contribution in [0.15, 0.2) is 17.1 Å². The number of nitrogen functional groups attached to an aromatic ring is 1. The molecule has 1 heterocycles. The summed E-state index contributed by atoms with van der Waals surface area (Å²) in [4.78, 5) is 11.7. The fourth-order valence-corrected chi connectivity index (χ4v) is 1.61. The molecule has 17 heavy (non-hydrogen) atoms. The number of nitriles is 1. The van der Waals surface area contributed by atoms with Gasteiger partial charge in [-0.1, -0.05) is 0 Å². The highest BCUT2D eigenvalue weighted by molar-refractivity contribution is 5.42. The molecule has 0 radical (unpaired) electrons. The van der Waals surface area contributed by atoms with E-state index in [0.29, 0.717) is 12.2 Å². The zero-order valence-corrected chi connectivity index (χ0v) is 10.7. The first-order valence-corrected chi connectivity index (χ1v) is 5.73. The summed E-state index contributed by atoms with van der Waals surface area (Å²) in [6, 6.07) is 3.80. The molecule has 0 saturated heterocycles. The molecule has 0 fully saturated rings. The molecule has 0 aromatic carbocycles. The average Bonchev–Trinajstić information content (AvgIpc) is 2.25. The number of pyridine rings is 1. The van der Waals surface area contributed by atoms with Crippen LogP contribution in [0, 0.1) is 23.7 Å². The largest absolute Gasteiger partial charge is 0.397 e. The summed E-state index contributed by atoms with van der Waals surface area (Å²) in [6.07, 6.45) is 3.24. The number of hydrogen-bond acceptors (Lipinski definition) is 3. The molecule has 4 nitrogen and oxygen atoms in total. The lowest BCUT2D eigenvalue weighted by molar-refractivity contribution is 0.413. The lowest BCUT2D eigenvalue weighted by atomic mass is 9.90. The molecule has 0 amide bonds. The van der Waals surface area contributed by atoms with Crippen LogP contribution in [-0.4, -0.2) is 4.57 Å². The quantitative estimate of drug-likeness (QED) is 0.865. The van der Waals surface area contributed by atoms with Gasteiger partial charge in [-0.15, -0.1) is 0 Å². The fraction of sp³-hybridized carbons (Fsp3) is 0.538. The Morgan fingerprint density at radius 3 is 2.76 bits per heavy atom. The molecule has 0 spiro atoms. The number of nitrogens with zero attached hydrogens (tertiary/aromatic N) is 2. The van der Waals surface area contributed by atoms with Crippen molar-refractivity contribution in [3.63, 3.8) is 0 Å². The van der Waals surface area contributed by atoms with Crippen molar-refractivity contribution < 1.29 is 0 Å². The molecule has 1 aromatic rings. The van der Waals surface area contributed by atoms with Crippen molar-refractivity contribution in [2.45, 2.75) is 40.2 Å². The van der Waals surface area contributed by atoms with E-state index in [4.69, 9.17) is 11.0 Å². The third kappa shape index (κ3) is 3.63. The second kappa shape index (κ2) is 5.05. The van der Waals surface area contributed by atoms with Crippen LogP contribution >= 0.6 is 0 Å². The topological polar surface area (TPSA) is 71.8 Å². The lowest BCUT2D eigenvalue weighted by Crippen LogP contribution is -2.21. The van der Waals surface area contributed by atoms with Gasteiger partial charge in [0.1, 0.15) is 0 Å². The van der Waals surface area contributed by atoms with E-state index in [0.717, 1.165) is 18.4 Å². The maximum atomic E-state index is 11.7. The Labute approximate surface area is 102 Å². The second-order valence-corrected chi connectivity index (χ2v) is 5.04. The smallest absolute Gasteiger partial charge is 0.250 e. The standard InChI is InChI=1S/C13H19N3O/c1-10-7-12(17)16(8-11(10)15)6-4-5-13(2,3)9-14/h7-8H,4-6,15H2,1-3H3. The normalized spacial score (nSPS) is 11.2. The SMILES string of the molecule is Cc1cc(=O)n(CCCC(C)(C)C#N)cc1N. The molecule has 1 aromatic heterocycles. The minimum Gasteiger partial charge on any atom is -0.397 e. The molecule has 4 heteroatoms. The van der Waals surface area contributed by atoms with Gasteiger partial charge in [0.25, 0.3) is 5.56 Å². The summed E-state index contributed by atoms with van der Waals surface area (Å²) < 4.78 is 1.61. The van der Waals surface area contributed by atoms with Gasteiger partial charge in [-0.05, 0) is 39.2 Å². The number of anilines is 1. The van der Waals surface area contributed by atoms with Crippen molar-refractivity contribution in [1.82, 2.24) is 4.57 Å². The maximum absolute atomic E-state index is 11.7. The summed E-state index contributed by atoms with van der Waals surface area (Å²) in [7, 11) is 0. The molecule has 0 aliphatic heterocycles. The molecule has 0 unspecified atom stereocenters. The number of aryl methyl sites for hydroxylation is 2. The number of aromatic nitrogens is 1. The fourth-order valence-electron chi connectivity index (χ4n) is 1.61. The highest BCUT2D eigenvalue weighted by Crippen LogP contribution is 2.20. The van der Waals surface area contributed by atoms with Gasteiger partial charge in [-0.3, -0.25) is 4.79 Å². The summed E-state index contributed by atoms with van der Waals surface area (Å²) in [6.45, 7) is 6.23. The zero-order valence-electron chi connectivity index (χ0n) is 10.7. The van der Waals surface area contributed by atoms with Crippen molar-refractivity contribution >= 4 is 5.69 Å². The Morgan fingerprint density at radius 2 is 2.18 bits per heavy atom. The predicted octanol–water partition coefficient (Wildman–Crippen LogP) is 2.07. The zero-order chi connectivity index (χ0) is 13.1. The van der Waals surface area contributed by atoms with E-state index < -0.39 is 0 Å². The van der Waals surface area contributed by atoms with Crippen LogP contribution in [0.3, 0.4) is 0 Å². The molecule has 0 saturated carbocycles. The van der Waals surface area contributed by atoms with Crippen molar-refractivity contribution in [2.24, 2.45) is 5.41 Å². The van der Waals surface area contributed by atoms with E-state index in [1.165, 1.54) is 0 Å². The first-order valence-electron chi connectivity index (χ1n) is 5.73. The third-order valence-corrected chi connectivity index (χ3v) is 2.88. The van der Waals surface area contributed by atoms with Crippen LogP contribution in [0.4, 0.5) is 5.69 Å². The molecule has 2 N–H and O–H groups in total. The predicted molar refractivity (Wildman–Crippen MR) is 68.5 cm³/mol. The van der Waals surface area contributed by atoms with Crippen molar-refractivity contribution in [2.75, 3.05) is 5.73 Å². The molecular formula is C13H19N3O. The highest BCUT2D eigenvalue weighted by atomic mass is 16.1. The Hall–Kier alpha value is -1.76. The maximum Gasteiger partial charge on any atom is 0.250 e. The second-order valence-electron chi connectivity index (χ2n) is 5.04. The van der Waals surface area contributed by atoms with Crippen molar-refractivity contribution in [1.29, 1.82) is 5.26 Å². The Bertz CT molecular complexity index is 494. The molecule has 0 aliphatic rings. The first kappa shape index (κ1) is 13.3. The molecular weight excluding hydrogens is 214 g/mol. The summed E-state index contributed by atoms with van der Waals surface area (Å²) in [5.74, 6) is 0.